The number of esters is 1. The number of carbonyl (C=O) groups excluding carboxylic acids is 1. The molecule has 1 fully saturated rings. The predicted molar refractivity (Wildman–Crippen MR) is 81.4 cm³/mol. The zero-order valence-electron chi connectivity index (χ0n) is 12.6. The van der Waals surface area contributed by atoms with Gasteiger partial charge in [0, 0.05) is 0 Å². The van der Waals surface area contributed by atoms with E-state index < -0.39 is 12.2 Å². The van der Waals surface area contributed by atoms with Gasteiger partial charge in [0.05, 0.1) is 5.57 Å². The van der Waals surface area contributed by atoms with Gasteiger partial charge < -0.3 is 9.84 Å². The third kappa shape index (κ3) is 5.91. The molecule has 0 bridgehead atoms. The van der Waals surface area contributed by atoms with E-state index in [1.807, 2.05) is 12.2 Å². The number of carbonyl (C=O) groups is 1. The van der Waals surface area contributed by atoms with E-state index in [1.54, 1.807) is 6.92 Å². The summed E-state index contributed by atoms with van der Waals surface area (Å²) in [5, 5.41) is 9.75. The van der Waals surface area contributed by atoms with Crippen molar-refractivity contribution in [1.82, 2.24) is 0 Å². The molecule has 0 amide bonds. The standard InChI is InChI=1S/C17H28O3/c1-3-4-5-6-7-8-9-10-11-12-13-15-16(18)14(2)20-17(15)19/h3,13-14,16,18H,1,4-12H2,2H3/t14-,16+/m0/s1. The molecule has 0 aromatic carbocycles. The van der Waals surface area contributed by atoms with Gasteiger partial charge in [0.15, 0.2) is 0 Å². The average Bonchev–Trinajstić information content (AvgIpc) is 2.67. The molecule has 1 aliphatic heterocycles. The SMILES string of the molecule is C=CCCCCCCCCCC=C1C(=O)O[C@@H](C)[C@H]1O. The van der Waals surface area contributed by atoms with Gasteiger partial charge in [-0.2, -0.15) is 0 Å². The van der Waals surface area contributed by atoms with Crippen LogP contribution in [0.2, 0.25) is 0 Å². The second-order valence-electron chi connectivity index (χ2n) is 5.56. The Hall–Kier alpha value is -1.09. The molecule has 0 aromatic rings. The molecule has 2 atom stereocenters. The van der Waals surface area contributed by atoms with Crippen LogP contribution in [0.5, 0.6) is 0 Å². The van der Waals surface area contributed by atoms with Gasteiger partial charge in [-0.3, -0.25) is 0 Å². The molecule has 1 rings (SSSR count). The van der Waals surface area contributed by atoms with Gasteiger partial charge in [-0.05, 0) is 32.6 Å². The fourth-order valence-electron chi connectivity index (χ4n) is 2.45. The number of hydrogen-bond donors (Lipinski definition) is 1. The molecule has 0 unspecified atom stereocenters. The number of unbranched alkanes of at least 4 members (excludes halogenated alkanes) is 8. The maximum Gasteiger partial charge on any atom is 0.336 e. The number of cyclic esters (lactones) is 1. The van der Waals surface area contributed by atoms with Crippen LogP contribution in [0.4, 0.5) is 0 Å². The minimum absolute atomic E-state index is 0.354. The molecule has 0 spiro atoms. The van der Waals surface area contributed by atoms with Crippen molar-refractivity contribution in [1.29, 1.82) is 0 Å². The van der Waals surface area contributed by atoms with Crippen LogP contribution in [0.1, 0.15) is 64.7 Å². The van der Waals surface area contributed by atoms with Crippen molar-refractivity contribution in [2.45, 2.75) is 76.9 Å². The number of aliphatic hydroxyl groups excluding tert-OH is 1. The average molecular weight is 280 g/mol. The maximum atomic E-state index is 11.4. The van der Waals surface area contributed by atoms with Gasteiger partial charge >= 0.3 is 5.97 Å². The zero-order chi connectivity index (χ0) is 14.8. The van der Waals surface area contributed by atoms with Crippen LogP contribution in [-0.4, -0.2) is 23.3 Å². The Morgan fingerprint density at radius 1 is 1.10 bits per heavy atom. The molecule has 0 aliphatic carbocycles. The first-order chi connectivity index (χ1) is 9.66. The van der Waals surface area contributed by atoms with Crippen LogP contribution in [0.25, 0.3) is 0 Å². The Balaban J connectivity index is 2.02. The summed E-state index contributed by atoms with van der Waals surface area (Å²) >= 11 is 0. The van der Waals surface area contributed by atoms with E-state index in [0.717, 1.165) is 19.3 Å². The number of allylic oxidation sites excluding steroid dienone is 2. The summed E-state index contributed by atoms with van der Waals surface area (Å²) in [4.78, 5) is 11.4. The van der Waals surface area contributed by atoms with Crippen molar-refractivity contribution in [3.05, 3.63) is 24.3 Å². The Morgan fingerprint density at radius 2 is 1.65 bits per heavy atom. The normalized spacial score (nSPS) is 24.1. The minimum Gasteiger partial charge on any atom is -0.456 e. The lowest BCUT2D eigenvalue weighted by Crippen LogP contribution is -2.17. The van der Waals surface area contributed by atoms with E-state index in [9.17, 15) is 9.90 Å². The van der Waals surface area contributed by atoms with Crippen LogP contribution in [0.3, 0.4) is 0 Å². The van der Waals surface area contributed by atoms with E-state index >= 15 is 0 Å². The third-order valence-electron chi connectivity index (χ3n) is 3.77. The van der Waals surface area contributed by atoms with Crippen molar-refractivity contribution in [3.8, 4) is 0 Å². The first kappa shape index (κ1) is 17.0. The summed E-state index contributed by atoms with van der Waals surface area (Å²) in [5.74, 6) is -0.354. The topological polar surface area (TPSA) is 46.5 Å². The molecule has 0 aromatic heterocycles. The molecule has 1 aliphatic rings. The predicted octanol–water partition coefficient (Wildman–Crippen LogP) is 3.92. The Labute approximate surface area is 122 Å². The van der Waals surface area contributed by atoms with Crippen molar-refractivity contribution in [2.24, 2.45) is 0 Å². The van der Waals surface area contributed by atoms with Crippen LogP contribution in [-0.2, 0) is 9.53 Å². The van der Waals surface area contributed by atoms with Gasteiger partial charge in [0.1, 0.15) is 12.2 Å². The molecule has 1 heterocycles. The van der Waals surface area contributed by atoms with Gasteiger partial charge in [-0.1, -0.05) is 44.3 Å². The lowest BCUT2D eigenvalue weighted by Gasteiger charge is -2.04. The lowest BCUT2D eigenvalue weighted by molar-refractivity contribution is -0.138. The van der Waals surface area contributed by atoms with Crippen molar-refractivity contribution < 1.29 is 14.6 Å². The number of aliphatic hydroxyl groups is 1. The molecule has 0 saturated carbocycles. The Kier molecular flexibility index (Phi) is 8.28. The summed E-state index contributed by atoms with van der Waals surface area (Å²) in [6, 6.07) is 0. The molecule has 20 heavy (non-hydrogen) atoms. The molecule has 1 saturated heterocycles. The summed E-state index contributed by atoms with van der Waals surface area (Å²) in [5.41, 5.74) is 0.446. The number of ether oxygens (including phenoxy) is 1. The molecular weight excluding hydrogens is 252 g/mol. The second kappa shape index (κ2) is 9.76. The molecule has 1 N–H and O–H groups in total. The first-order valence-corrected chi connectivity index (χ1v) is 7.86. The minimum atomic E-state index is -0.743. The van der Waals surface area contributed by atoms with Crippen LogP contribution < -0.4 is 0 Å². The highest BCUT2D eigenvalue weighted by Crippen LogP contribution is 2.22. The highest BCUT2D eigenvalue weighted by Gasteiger charge is 2.34. The van der Waals surface area contributed by atoms with Crippen LogP contribution in [0, 0.1) is 0 Å². The maximum absolute atomic E-state index is 11.4. The second-order valence-corrected chi connectivity index (χ2v) is 5.56. The molecule has 3 heteroatoms. The van der Waals surface area contributed by atoms with Crippen LogP contribution >= 0.6 is 0 Å². The van der Waals surface area contributed by atoms with Gasteiger partial charge in [0.2, 0.25) is 0 Å². The van der Waals surface area contributed by atoms with Gasteiger partial charge in [-0.25, -0.2) is 4.79 Å². The quantitative estimate of drug-likeness (QED) is 0.285. The van der Waals surface area contributed by atoms with E-state index in [4.69, 9.17) is 4.74 Å². The number of rotatable bonds is 10. The summed E-state index contributed by atoms with van der Waals surface area (Å²) < 4.78 is 4.96. The summed E-state index contributed by atoms with van der Waals surface area (Å²) in [7, 11) is 0. The van der Waals surface area contributed by atoms with E-state index in [2.05, 4.69) is 6.58 Å². The molecule has 0 radical (unpaired) electrons. The molecular formula is C17H28O3. The zero-order valence-corrected chi connectivity index (χ0v) is 12.6. The fourth-order valence-corrected chi connectivity index (χ4v) is 2.45. The van der Waals surface area contributed by atoms with Crippen molar-refractivity contribution >= 4 is 5.97 Å². The fraction of sp³-hybridized carbons (Fsp3) is 0.706. The summed E-state index contributed by atoms with van der Waals surface area (Å²) in [6.45, 7) is 5.44. The van der Waals surface area contributed by atoms with Gasteiger partial charge in [-0.15, -0.1) is 6.58 Å². The Bertz CT molecular complexity index is 333. The Morgan fingerprint density at radius 3 is 2.15 bits per heavy atom. The first-order valence-electron chi connectivity index (χ1n) is 7.86. The largest absolute Gasteiger partial charge is 0.456 e. The van der Waals surface area contributed by atoms with E-state index in [1.165, 1.54) is 38.5 Å². The summed E-state index contributed by atoms with van der Waals surface area (Å²) in [6.07, 6.45) is 13.3. The number of hydrogen-bond acceptors (Lipinski definition) is 3. The van der Waals surface area contributed by atoms with Gasteiger partial charge in [0.25, 0.3) is 0 Å². The highest BCUT2D eigenvalue weighted by atomic mass is 16.6. The third-order valence-corrected chi connectivity index (χ3v) is 3.77. The van der Waals surface area contributed by atoms with Crippen molar-refractivity contribution in [2.75, 3.05) is 0 Å². The highest BCUT2D eigenvalue weighted by molar-refractivity contribution is 5.92. The molecule has 114 valence electrons. The van der Waals surface area contributed by atoms with E-state index in [0.29, 0.717) is 5.57 Å². The monoisotopic (exact) mass is 280 g/mol. The lowest BCUT2D eigenvalue weighted by atomic mass is 10.0. The van der Waals surface area contributed by atoms with Crippen LogP contribution in [0.15, 0.2) is 24.3 Å². The van der Waals surface area contributed by atoms with E-state index in [-0.39, 0.29) is 5.97 Å². The van der Waals surface area contributed by atoms with Crippen molar-refractivity contribution in [3.63, 3.8) is 0 Å². The smallest absolute Gasteiger partial charge is 0.336 e. The molecule has 3 nitrogen and oxygen atoms in total.